The van der Waals surface area contributed by atoms with Crippen LogP contribution in [-0.2, 0) is 5.41 Å². The zero-order valence-electron chi connectivity index (χ0n) is 25.4. The fourth-order valence-corrected chi connectivity index (χ4v) is 7.99. The second kappa shape index (κ2) is 10.3. The lowest BCUT2D eigenvalue weighted by molar-refractivity contribution is 0.776. The van der Waals surface area contributed by atoms with Crippen LogP contribution in [0.3, 0.4) is 0 Å². The largest absolute Gasteiger partial charge is 0.192 e. The second-order valence-corrected chi connectivity index (χ2v) is 12.3. The molecule has 7 aromatic carbocycles. The van der Waals surface area contributed by atoms with Crippen LogP contribution in [0.1, 0.15) is 33.4 Å². The molecule has 0 saturated heterocycles. The van der Waals surface area contributed by atoms with E-state index in [2.05, 4.69) is 133 Å². The van der Waals surface area contributed by atoms with Gasteiger partial charge in [0.05, 0.1) is 28.7 Å². The van der Waals surface area contributed by atoms with Gasteiger partial charge in [0.1, 0.15) is 0 Å². The fraction of sp³-hybridized carbons (Fsp3) is 0.0222. The molecule has 7 aromatic rings. The van der Waals surface area contributed by atoms with Crippen molar-refractivity contribution in [2.24, 2.45) is 0 Å². The highest BCUT2D eigenvalue weighted by molar-refractivity contribution is 5.98. The maximum atomic E-state index is 9.73. The Kier molecular flexibility index (Phi) is 5.88. The number of rotatable bonds is 2. The number of hydrogen-bond donors (Lipinski definition) is 0. The van der Waals surface area contributed by atoms with Crippen LogP contribution in [0.15, 0.2) is 158 Å². The molecule has 2 nitrogen and oxygen atoms in total. The Hall–Kier alpha value is -6.48. The van der Waals surface area contributed by atoms with Crippen LogP contribution in [0.5, 0.6) is 0 Å². The first-order valence-electron chi connectivity index (χ1n) is 15.8. The number of fused-ring (bicyclic) bond motifs is 12. The molecule has 0 bridgehead atoms. The van der Waals surface area contributed by atoms with Crippen LogP contribution in [0, 0.1) is 22.7 Å². The first kappa shape index (κ1) is 26.9. The maximum Gasteiger partial charge on any atom is 0.0991 e. The molecule has 0 aliphatic heterocycles. The molecule has 0 radical (unpaired) electrons. The van der Waals surface area contributed by atoms with Crippen LogP contribution in [0.4, 0.5) is 0 Å². The van der Waals surface area contributed by atoms with Gasteiger partial charge in [-0.3, -0.25) is 0 Å². The lowest BCUT2D eigenvalue weighted by atomic mass is 9.65. The van der Waals surface area contributed by atoms with Gasteiger partial charge in [0.25, 0.3) is 0 Å². The normalized spacial score (nSPS) is 12.8. The molecular weight excluding hydrogens is 569 g/mol. The van der Waals surface area contributed by atoms with Crippen LogP contribution >= 0.6 is 0 Å². The average Bonchev–Trinajstić information content (AvgIpc) is 3.39. The van der Waals surface area contributed by atoms with Gasteiger partial charge in [0.2, 0.25) is 0 Å². The van der Waals surface area contributed by atoms with E-state index in [1.165, 1.54) is 55.6 Å². The van der Waals surface area contributed by atoms with E-state index < -0.39 is 5.41 Å². The number of hydrogen-bond acceptors (Lipinski definition) is 2. The number of nitriles is 2. The molecule has 47 heavy (non-hydrogen) atoms. The third kappa shape index (κ3) is 3.83. The lowest BCUT2D eigenvalue weighted by Gasteiger charge is -2.36. The van der Waals surface area contributed by atoms with Gasteiger partial charge < -0.3 is 0 Å². The van der Waals surface area contributed by atoms with Crippen LogP contribution < -0.4 is 0 Å². The van der Waals surface area contributed by atoms with Gasteiger partial charge in [-0.05, 0) is 114 Å². The number of benzene rings is 7. The summed E-state index contributed by atoms with van der Waals surface area (Å²) in [6.45, 7) is 0. The molecule has 9 rings (SSSR count). The van der Waals surface area contributed by atoms with E-state index in [1.54, 1.807) is 0 Å². The molecule has 1 spiro atoms. The van der Waals surface area contributed by atoms with E-state index in [-0.39, 0.29) is 0 Å². The Morgan fingerprint density at radius 2 is 0.702 bits per heavy atom. The lowest BCUT2D eigenvalue weighted by Crippen LogP contribution is -2.29. The molecule has 0 heterocycles. The molecule has 2 aliphatic rings. The van der Waals surface area contributed by atoms with Crippen LogP contribution in [0.2, 0.25) is 0 Å². The summed E-state index contributed by atoms with van der Waals surface area (Å²) in [5.41, 5.74) is 17.0. The van der Waals surface area contributed by atoms with E-state index in [9.17, 15) is 10.5 Å². The van der Waals surface area contributed by atoms with Crippen LogP contribution in [-0.4, -0.2) is 0 Å². The minimum atomic E-state index is -0.636. The molecule has 0 saturated carbocycles. The van der Waals surface area contributed by atoms with E-state index in [0.717, 1.165) is 22.3 Å². The summed E-state index contributed by atoms with van der Waals surface area (Å²) in [6, 6.07) is 60.5. The molecule has 0 atom stereocenters. The van der Waals surface area contributed by atoms with Crippen molar-refractivity contribution in [3.63, 3.8) is 0 Å². The molecule has 0 amide bonds. The summed E-state index contributed by atoms with van der Waals surface area (Å²) in [5.74, 6) is 0. The van der Waals surface area contributed by atoms with Gasteiger partial charge in [-0.2, -0.15) is 10.5 Å². The van der Waals surface area contributed by atoms with Crippen molar-refractivity contribution in [2.75, 3.05) is 0 Å². The number of nitrogens with zero attached hydrogens (tertiary/aromatic N) is 2. The summed E-state index contributed by atoms with van der Waals surface area (Å²) >= 11 is 0. The molecular formula is C45H26N2. The minimum Gasteiger partial charge on any atom is -0.192 e. The Morgan fingerprint density at radius 1 is 0.319 bits per heavy atom. The molecule has 0 fully saturated rings. The summed E-state index contributed by atoms with van der Waals surface area (Å²) < 4.78 is 0. The predicted octanol–water partition coefficient (Wildman–Crippen LogP) is 10.8. The van der Waals surface area contributed by atoms with Gasteiger partial charge in [0.15, 0.2) is 0 Å². The molecule has 216 valence electrons. The van der Waals surface area contributed by atoms with Gasteiger partial charge in [-0.1, -0.05) is 121 Å². The fourth-order valence-electron chi connectivity index (χ4n) is 7.99. The van der Waals surface area contributed by atoms with E-state index >= 15 is 0 Å². The molecule has 2 heteroatoms. The zero-order chi connectivity index (χ0) is 31.5. The quantitative estimate of drug-likeness (QED) is 0.200. The van der Waals surface area contributed by atoms with Crippen molar-refractivity contribution >= 4 is 0 Å². The third-order valence-corrected chi connectivity index (χ3v) is 9.96. The van der Waals surface area contributed by atoms with Crippen molar-refractivity contribution in [3.05, 3.63) is 191 Å². The molecule has 0 aromatic heterocycles. The van der Waals surface area contributed by atoms with E-state index in [4.69, 9.17) is 0 Å². The second-order valence-electron chi connectivity index (χ2n) is 12.3. The average molecular weight is 595 g/mol. The van der Waals surface area contributed by atoms with E-state index in [1.807, 2.05) is 36.4 Å². The molecule has 0 unspecified atom stereocenters. The van der Waals surface area contributed by atoms with Crippen molar-refractivity contribution in [3.8, 4) is 67.8 Å². The Balaban J connectivity index is 1.47. The summed E-state index contributed by atoms with van der Waals surface area (Å²) in [4.78, 5) is 0. The van der Waals surface area contributed by atoms with Gasteiger partial charge in [-0.25, -0.2) is 0 Å². The van der Waals surface area contributed by atoms with Crippen molar-refractivity contribution in [2.45, 2.75) is 5.41 Å². The van der Waals surface area contributed by atoms with Crippen molar-refractivity contribution in [1.82, 2.24) is 0 Å². The first-order valence-corrected chi connectivity index (χ1v) is 15.8. The SMILES string of the molecule is N#Cc1cccc(-c2ccc3c(c2)C2(c4cc(-c5cccc(C#N)c5)ccc4-c4ccccc4-3)c3ccccc3-c3ccccc32)c1. The molecule has 2 aliphatic carbocycles. The highest BCUT2D eigenvalue weighted by Crippen LogP contribution is 2.62. The Labute approximate surface area is 274 Å². The topological polar surface area (TPSA) is 47.6 Å². The van der Waals surface area contributed by atoms with Crippen molar-refractivity contribution < 1.29 is 0 Å². The maximum absolute atomic E-state index is 9.73. The highest BCUT2D eigenvalue weighted by Gasteiger charge is 2.49. The first-order chi connectivity index (χ1) is 23.2. The monoisotopic (exact) mass is 594 g/mol. The van der Waals surface area contributed by atoms with Gasteiger partial charge in [0, 0.05) is 0 Å². The van der Waals surface area contributed by atoms with Crippen LogP contribution in [0.25, 0.3) is 55.6 Å². The Morgan fingerprint density at radius 3 is 1.15 bits per heavy atom. The summed E-state index contributed by atoms with van der Waals surface area (Å²) in [7, 11) is 0. The summed E-state index contributed by atoms with van der Waals surface area (Å²) in [5, 5.41) is 19.5. The smallest absolute Gasteiger partial charge is 0.0991 e. The van der Waals surface area contributed by atoms with Gasteiger partial charge in [-0.15, -0.1) is 0 Å². The van der Waals surface area contributed by atoms with Crippen molar-refractivity contribution in [1.29, 1.82) is 10.5 Å². The molecule has 0 N–H and O–H groups in total. The Bertz CT molecular complexity index is 2330. The summed E-state index contributed by atoms with van der Waals surface area (Å²) in [6.07, 6.45) is 0. The van der Waals surface area contributed by atoms with Gasteiger partial charge >= 0.3 is 0 Å². The highest BCUT2D eigenvalue weighted by atomic mass is 14.5. The minimum absolute atomic E-state index is 0.636. The standard InChI is InChI=1S/C45H26N2/c46-27-29-9-7-11-31(23-29)33-19-21-39-35-13-1-2-14-36(35)40-22-20-34(32-12-8-10-30(24-32)28-47)26-44(40)45(43(39)25-33)41-17-5-3-15-37(41)38-16-4-6-18-42(38)45/h1-26H. The third-order valence-electron chi connectivity index (χ3n) is 9.96. The predicted molar refractivity (Wildman–Crippen MR) is 188 cm³/mol. The van der Waals surface area contributed by atoms with E-state index in [0.29, 0.717) is 11.1 Å². The zero-order valence-corrected chi connectivity index (χ0v) is 25.4.